The van der Waals surface area contributed by atoms with Crippen LogP contribution >= 0.6 is 15.9 Å². The van der Waals surface area contributed by atoms with E-state index in [0.29, 0.717) is 13.0 Å². The molecule has 0 spiro atoms. The molecule has 1 fully saturated rings. The second-order valence-corrected chi connectivity index (χ2v) is 4.75. The first-order chi connectivity index (χ1) is 6.68. The normalized spacial score (nSPS) is 26.7. The van der Waals surface area contributed by atoms with Gasteiger partial charge in [-0.1, -0.05) is 0 Å². The molecule has 1 atom stereocenters. The predicted molar refractivity (Wildman–Crippen MR) is 58.1 cm³/mol. The van der Waals surface area contributed by atoms with Gasteiger partial charge in [-0.3, -0.25) is 4.98 Å². The van der Waals surface area contributed by atoms with Gasteiger partial charge in [0.25, 0.3) is 0 Å². The molecule has 0 saturated carbocycles. The Labute approximate surface area is 91.7 Å². The van der Waals surface area contributed by atoms with Crippen molar-refractivity contribution in [3.8, 4) is 0 Å². The van der Waals surface area contributed by atoms with E-state index in [4.69, 9.17) is 0 Å². The van der Waals surface area contributed by atoms with Gasteiger partial charge in [0.05, 0.1) is 5.60 Å². The van der Waals surface area contributed by atoms with E-state index >= 15 is 0 Å². The van der Waals surface area contributed by atoms with Gasteiger partial charge in [-0.15, -0.1) is 0 Å². The van der Waals surface area contributed by atoms with Crippen molar-refractivity contribution in [2.24, 2.45) is 0 Å². The molecule has 2 rings (SSSR count). The van der Waals surface area contributed by atoms with E-state index in [1.807, 2.05) is 6.07 Å². The minimum atomic E-state index is -0.581. The van der Waals surface area contributed by atoms with Crippen molar-refractivity contribution < 1.29 is 5.11 Å². The van der Waals surface area contributed by atoms with Gasteiger partial charge in [0, 0.05) is 29.8 Å². The number of aliphatic hydroxyl groups is 1. The third kappa shape index (κ3) is 2.32. The molecule has 1 unspecified atom stereocenters. The molecule has 0 radical (unpaired) electrons. The summed E-state index contributed by atoms with van der Waals surface area (Å²) in [6, 6.07) is 2.00. The van der Waals surface area contributed by atoms with Crippen molar-refractivity contribution in [3.05, 3.63) is 28.5 Å². The molecule has 1 saturated heterocycles. The first kappa shape index (κ1) is 10.1. The maximum absolute atomic E-state index is 10.1. The van der Waals surface area contributed by atoms with Crippen LogP contribution in [-0.2, 0) is 6.42 Å². The summed E-state index contributed by atoms with van der Waals surface area (Å²) in [7, 11) is 0. The molecule has 4 heteroatoms. The molecule has 0 aliphatic carbocycles. The smallest absolute Gasteiger partial charge is 0.0824 e. The van der Waals surface area contributed by atoms with Crippen LogP contribution in [0.15, 0.2) is 22.9 Å². The van der Waals surface area contributed by atoms with Gasteiger partial charge in [-0.05, 0) is 40.5 Å². The summed E-state index contributed by atoms with van der Waals surface area (Å²) < 4.78 is 0.963. The van der Waals surface area contributed by atoms with Crippen molar-refractivity contribution in [3.63, 3.8) is 0 Å². The average molecular weight is 257 g/mol. The Morgan fingerprint density at radius 2 is 2.43 bits per heavy atom. The quantitative estimate of drug-likeness (QED) is 0.834. The van der Waals surface area contributed by atoms with E-state index in [-0.39, 0.29) is 0 Å². The number of nitrogens with zero attached hydrogens (tertiary/aromatic N) is 1. The number of nitrogens with one attached hydrogen (secondary N) is 1. The molecule has 2 heterocycles. The SMILES string of the molecule is OC1(Cc2cncc(Br)c2)CCNC1. The maximum Gasteiger partial charge on any atom is 0.0824 e. The van der Waals surface area contributed by atoms with E-state index < -0.39 is 5.60 Å². The van der Waals surface area contributed by atoms with Crippen LogP contribution in [-0.4, -0.2) is 28.8 Å². The van der Waals surface area contributed by atoms with Crippen molar-refractivity contribution in [1.29, 1.82) is 0 Å². The molecular formula is C10H13BrN2O. The van der Waals surface area contributed by atoms with Gasteiger partial charge < -0.3 is 10.4 Å². The van der Waals surface area contributed by atoms with E-state index in [1.54, 1.807) is 12.4 Å². The van der Waals surface area contributed by atoms with Gasteiger partial charge in [0.1, 0.15) is 0 Å². The lowest BCUT2D eigenvalue weighted by atomic mass is 9.95. The Balaban J connectivity index is 2.10. The maximum atomic E-state index is 10.1. The summed E-state index contributed by atoms with van der Waals surface area (Å²) in [5, 5.41) is 13.3. The summed E-state index contributed by atoms with van der Waals surface area (Å²) in [5.74, 6) is 0. The highest BCUT2D eigenvalue weighted by molar-refractivity contribution is 9.10. The molecule has 0 amide bonds. The minimum Gasteiger partial charge on any atom is -0.388 e. The van der Waals surface area contributed by atoms with Gasteiger partial charge in [-0.2, -0.15) is 0 Å². The number of halogens is 1. The van der Waals surface area contributed by atoms with Crippen LogP contribution in [0.2, 0.25) is 0 Å². The molecule has 1 aliphatic rings. The second kappa shape index (κ2) is 3.96. The Hall–Kier alpha value is -0.450. The van der Waals surface area contributed by atoms with Crippen molar-refractivity contribution in [2.75, 3.05) is 13.1 Å². The zero-order valence-corrected chi connectivity index (χ0v) is 9.42. The monoisotopic (exact) mass is 256 g/mol. The summed E-state index contributed by atoms with van der Waals surface area (Å²) >= 11 is 3.37. The number of rotatable bonds is 2. The first-order valence-corrected chi connectivity index (χ1v) is 5.50. The molecule has 0 aromatic carbocycles. The Kier molecular flexibility index (Phi) is 2.85. The summed E-state index contributed by atoms with van der Waals surface area (Å²) in [4.78, 5) is 4.08. The van der Waals surface area contributed by atoms with Crippen LogP contribution in [0.3, 0.4) is 0 Å². The topological polar surface area (TPSA) is 45.2 Å². The van der Waals surface area contributed by atoms with E-state index in [9.17, 15) is 5.11 Å². The fourth-order valence-electron chi connectivity index (χ4n) is 1.81. The molecule has 76 valence electrons. The predicted octanol–water partition coefficient (Wildman–Crippen LogP) is 1.11. The molecule has 1 aromatic heterocycles. The molecule has 1 aliphatic heterocycles. The van der Waals surface area contributed by atoms with Gasteiger partial charge in [0.2, 0.25) is 0 Å². The van der Waals surface area contributed by atoms with Crippen molar-refractivity contribution in [1.82, 2.24) is 10.3 Å². The van der Waals surface area contributed by atoms with E-state index in [0.717, 1.165) is 23.0 Å². The van der Waals surface area contributed by atoms with Crippen LogP contribution in [0.1, 0.15) is 12.0 Å². The summed E-state index contributed by atoms with van der Waals surface area (Å²) in [5.41, 5.74) is 0.494. The zero-order chi connectivity index (χ0) is 10.0. The number of aromatic nitrogens is 1. The summed E-state index contributed by atoms with van der Waals surface area (Å²) in [6.45, 7) is 1.58. The Morgan fingerprint density at radius 3 is 3.07 bits per heavy atom. The van der Waals surface area contributed by atoms with Crippen LogP contribution in [0.25, 0.3) is 0 Å². The third-order valence-corrected chi connectivity index (χ3v) is 2.95. The van der Waals surface area contributed by atoms with Gasteiger partial charge in [-0.25, -0.2) is 0 Å². The highest BCUT2D eigenvalue weighted by Crippen LogP contribution is 2.21. The molecule has 1 aromatic rings. The van der Waals surface area contributed by atoms with Crippen LogP contribution in [0, 0.1) is 0 Å². The van der Waals surface area contributed by atoms with Crippen LogP contribution in [0.4, 0.5) is 0 Å². The lowest BCUT2D eigenvalue weighted by Crippen LogP contribution is -2.33. The average Bonchev–Trinajstić information content (AvgIpc) is 2.51. The fraction of sp³-hybridized carbons (Fsp3) is 0.500. The zero-order valence-electron chi connectivity index (χ0n) is 7.83. The van der Waals surface area contributed by atoms with Gasteiger partial charge >= 0.3 is 0 Å². The lowest BCUT2D eigenvalue weighted by Gasteiger charge is -2.20. The largest absolute Gasteiger partial charge is 0.388 e. The molecule has 2 N–H and O–H groups in total. The molecule has 3 nitrogen and oxygen atoms in total. The van der Waals surface area contributed by atoms with E-state index in [1.165, 1.54) is 0 Å². The number of hydrogen-bond donors (Lipinski definition) is 2. The first-order valence-electron chi connectivity index (χ1n) is 4.71. The summed E-state index contributed by atoms with van der Waals surface area (Å²) in [6.07, 6.45) is 5.05. The van der Waals surface area contributed by atoms with Crippen LogP contribution in [0.5, 0.6) is 0 Å². The Bertz CT molecular complexity index is 324. The lowest BCUT2D eigenvalue weighted by molar-refractivity contribution is 0.0618. The molecule has 14 heavy (non-hydrogen) atoms. The highest BCUT2D eigenvalue weighted by atomic mass is 79.9. The van der Waals surface area contributed by atoms with Crippen LogP contribution < -0.4 is 5.32 Å². The fourth-order valence-corrected chi connectivity index (χ4v) is 2.23. The standard InChI is InChI=1S/C10H13BrN2O/c11-9-3-8(5-13-6-9)4-10(14)1-2-12-7-10/h3,5-6,12,14H,1-2,4,7H2. The minimum absolute atomic E-state index is 0.581. The van der Waals surface area contributed by atoms with E-state index in [2.05, 4.69) is 26.2 Å². The van der Waals surface area contributed by atoms with Crippen molar-refractivity contribution in [2.45, 2.75) is 18.4 Å². The number of β-amino-alcohol motifs (C(OH)–C–C–N with tert-alkyl or cyclic N) is 1. The third-order valence-electron chi connectivity index (χ3n) is 2.52. The highest BCUT2D eigenvalue weighted by Gasteiger charge is 2.31. The second-order valence-electron chi connectivity index (χ2n) is 3.84. The number of pyridine rings is 1. The number of hydrogen-bond acceptors (Lipinski definition) is 3. The molecule has 0 bridgehead atoms. The Morgan fingerprint density at radius 1 is 1.57 bits per heavy atom. The van der Waals surface area contributed by atoms with Gasteiger partial charge in [0.15, 0.2) is 0 Å². The molecular weight excluding hydrogens is 244 g/mol. The van der Waals surface area contributed by atoms with Crippen molar-refractivity contribution >= 4 is 15.9 Å².